The van der Waals surface area contributed by atoms with E-state index >= 15 is 0 Å². The van der Waals surface area contributed by atoms with Gasteiger partial charge in [-0.25, -0.2) is 9.40 Å². The zero-order chi connectivity index (χ0) is 26.6. The highest BCUT2D eigenvalue weighted by Crippen LogP contribution is 2.38. The molecule has 38 heavy (non-hydrogen) atoms. The van der Waals surface area contributed by atoms with Crippen molar-refractivity contribution < 1.29 is 18.7 Å². The molecule has 2 aliphatic rings. The molecule has 5 rings (SSSR count). The summed E-state index contributed by atoms with van der Waals surface area (Å²) >= 11 is 1.24. The highest BCUT2D eigenvalue weighted by molar-refractivity contribution is 8.15. The second kappa shape index (κ2) is 11.2. The summed E-state index contributed by atoms with van der Waals surface area (Å²) in [5, 5.41) is 9.21. The average molecular weight is 531 g/mol. The molecule has 2 aliphatic heterocycles. The Morgan fingerprint density at radius 2 is 1.79 bits per heavy atom. The molecular weight excluding hydrogens is 503 g/mol. The Hall–Kier alpha value is -3.98. The van der Waals surface area contributed by atoms with Gasteiger partial charge in [0, 0.05) is 18.5 Å². The number of hydrazone groups is 1. The van der Waals surface area contributed by atoms with Gasteiger partial charge in [0.25, 0.3) is 5.91 Å². The predicted molar refractivity (Wildman–Crippen MR) is 148 cm³/mol. The number of hydrogen-bond acceptors (Lipinski definition) is 6. The van der Waals surface area contributed by atoms with Crippen LogP contribution in [0.5, 0.6) is 5.75 Å². The number of anilines is 1. The zero-order valence-corrected chi connectivity index (χ0v) is 21.9. The lowest BCUT2D eigenvalue weighted by molar-refractivity contribution is -0.121. The van der Waals surface area contributed by atoms with Crippen LogP contribution in [0.1, 0.15) is 42.5 Å². The summed E-state index contributed by atoms with van der Waals surface area (Å²) in [5.41, 5.74) is 4.39. The second-order valence-corrected chi connectivity index (χ2v) is 10.2. The molecule has 0 saturated heterocycles. The van der Waals surface area contributed by atoms with Gasteiger partial charge in [0.05, 0.1) is 18.4 Å². The number of rotatable bonds is 7. The molecule has 0 radical (unpaired) electrons. The Morgan fingerprint density at radius 1 is 1.08 bits per heavy atom. The van der Waals surface area contributed by atoms with E-state index < -0.39 is 5.25 Å². The summed E-state index contributed by atoms with van der Waals surface area (Å²) in [4.78, 5) is 29.8. The van der Waals surface area contributed by atoms with E-state index in [-0.39, 0.29) is 30.1 Å². The zero-order valence-electron chi connectivity index (χ0n) is 21.1. The van der Waals surface area contributed by atoms with E-state index in [0.717, 1.165) is 28.2 Å². The average Bonchev–Trinajstić information content (AvgIpc) is 3.50. The number of aryl methyl sites for hydroxylation is 1. The molecular formula is C29H27FN4O3S. The van der Waals surface area contributed by atoms with Gasteiger partial charge in [0.15, 0.2) is 5.17 Å². The van der Waals surface area contributed by atoms with Crippen molar-refractivity contribution in [3.63, 3.8) is 0 Å². The predicted octanol–water partition coefficient (Wildman–Crippen LogP) is 5.71. The van der Waals surface area contributed by atoms with Crippen molar-refractivity contribution in [3.8, 4) is 5.75 Å². The van der Waals surface area contributed by atoms with Crippen molar-refractivity contribution in [2.45, 2.75) is 38.0 Å². The van der Waals surface area contributed by atoms with Crippen molar-refractivity contribution in [2.24, 2.45) is 10.1 Å². The molecule has 0 aromatic heterocycles. The molecule has 9 heteroatoms. The smallest absolute Gasteiger partial charge is 0.262 e. The van der Waals surface area contributed by atoms with Gasteiger partial charge < -0.3 is 10.1 Å². The van der Waals surface area contributed by atoms with E-state index in [4.69, 9.17) is 9.84 Å². The number of thioether (sulfide) groups is 1. The molecule has 3 aromatic rings. The summed E-state index contributed by atoms with van der Waals surface area (Å²) in [7, 11) is 0. The number of amidine groups is 1. The minimum Gasteiger partial charge on any atom is -0.494 e. The summed E-state index contributed by atoms with van der Waals surface area (Å²) in [5.74, 6) is -0.227. The fourth-order valence-corrected chi connectivity index (χ4v) is 5.40. The SMILES string of the molecule is CCOc1ccc(NC(=O)C[C@@H]2SC(N3N=C(c4ccc(F)cc4)C[C@H]3c3ccc(C)cc3)=NC2=O)cc1. The molecule has 0 unspecified atom stereocenters. The van der Waals surface area contributed by atoms with E-state index in [9.17, 15) is 14.0 Å². The fraction of sp³-hybridized carbons (Fsp3) is 0.241. The standard InChI is InChI=1S/C29H27FN4O3S/c1-3-37-23-14-12-22(13-15-23)31-27(35)17-26-28(36)32-29(38-26)34-25(20-6-4-18(2)5-7-20)16-24(33-34)19-8-10-21(30)11-9-19/h4-15,25-26H,3,16-17H2,1-2H3,(H,31,35)/t25-,26-/m0/s1. The van der Waals surface area contributed by atoms with Gasteiger partial charge in [-0.2, -0.15) is 10.1 Å². The first kappa shape index (κ1) is 25.7. The maximum atomic E-state index is 13.5. The molecule has 0 fully saturated rings. The van der Waals surface area contributed by atoms with E-state index in [0.29, 0.717) is 23.9 Å². The van der Waals surface area contributed by atoms with Gasteiger partial charge in [-0.3, -0.25) is 9.59 Å². The number of hydrogen-bond donors (Lipinski definition) is 1. The number of amides is 2. The van der Waals surface area contributed by atoms with Crippen LogP contribution in [0.25, 0.3) is 0 Å². The summed E-state index contributed by atoms with van der Waals surface area (Å²) in [6, 6.07) is 21.3. The van der Waals surface area contributed by atoms with Crippen LogP contribution in [-0.4, -0.2) is 39.6 Å². The largest absolute Gasteiger partial charge is 0.494 e. The molecule has 7 nitrogen and oxygen atoms in total. The quantitative estimate of drug-likeness (QED) is 0.423. The third-order valence-corrected chi connectivity index (χ3v) is 7.44. The molecule has 0 saturated carbocycles. The third-order valence-electron chi connectivity index (χ3n) is 6.29. The fourth-order valence-electron chi connectivity index (χ4n) is 4.34. The Bertz CT molecular complexity index is 1390. The first-order valence-electron chi connectivity index (χ1n) is 12.4. The molecule has 1 N–H and O–H groups in total. The van der Waals surface area contributed by atoms with Crippen LogP contribution in [-0.2, 0) is 9.59 Å². The van der Waals surface area contributed by atoms with Crippen LogP contribution >= 0.6 is 11.8 Å². The first-order valence-corrected chi connectivity index (χ1v) is 13.3. The topological polar surface area (TPSA) is 83.4 Å². The molecule has 2 heterocycles. The van der Waals surface area contributed by atoms with Crippen molar-refractivity contribution in [3.05, 3.63) is 95.3 Å². The Kier molecular flexibility index (Phi) is 7.55. The van der Waals surface area contributed by atoms with Gasteiger partial charge in [-0.05, 0) is 61.4 Å². The van der Waals surface area contributed by atoms with Crippen LogP contribution in [0.2, 0.25) is 0 Å². The number of nitrogens with one attached hydrogen (secondary N) is 1. The molecule has 0 aliphatic carbocycles. The van der Waals surface area contributed by atoms with Crippen molar-refractivity contribution in [2.75, 3.05) is 11.9 Å². The molecule has 0 bridgehead atoms. The second-order valence-electron chi connectivity index (χ2n) is 9.08. The molecule has 2 amide bonds. The number of aliphatic imine (C=N–C) groups is 1. The Morgan fingerprint density at radius 3 is 2.47 bits per heavy atom. The van der Waals surface area contributed by atoms with Gasteiger partial charge in [-0.1, -0.05) is 53.7 Å². The number of carbonyl (C=O) groups excluding carboxylic acids is 2. The van der Waals surface area contributed by atoms with E-state index in [1.165, 1.54) is 23.9 Å². The number of nitrogens with zero attached hydrogens (tertiary/aromatic N) is 3. The molecule has 2 atom stereocenters. The van der Waals surface area contributed by atoms with Crippen molar-refractivity contribution in [1.82, 2.24) is 5.01 Å². The van der Waals surface area contributed by atoms with Crippen LogP contribution in [0.3, 0.4) is 0 Å². The van der Waals surface area contributed by atoms with E-state index in [1.54, 1.807) is 41.4 Å². The lowest BCUT2D eigenvalue weighted by atomic mass is 9.98. The van der Waals surface area contributed by atoms with Gasteiger partial charge in [-0.15, -0.1) is 0 Å². The van der Waals surface area contributed by atoms with Crippen LogP contribution < -0.4 is 10.1 Å². The van der Waals surface area contributed by atoms with Crippen LogP contribution in [0.4, 0.5) is 10.1 Å². The normalized spacial score (nSPS) is 18.8. The van der Waals surface area contributed by atoms with Crippen molar-refractivity contribution in [1.29, 1.82) is 0 Å². The first-order chi connectivity index (χ1) is 18.4. The highest BCUT2D eigenvalue weighted by atomic mass is 32.2. The highest BCUT2D eigenvalue weighted by Gasteiger charge is 2.39. The van der Waals surface area contributed by atoms with Crippen LogP contribution in [0, 0.1) is 12.7 Å². The number of carbonyl (C=O) groups is 2. The Balaban J connectivity index is 1.31. The summed E-state index contributed by atoms with van der Waals surface area (Å²) < 4.78 is 18.9. The van der Waals surface area contributed by atoms with Crippen LogP contribution in [0.15, 0.2) is 82.9 Å². The van der Waals surface area contributed by atoms with Crippen molar-refractivity contribution >= 4 is 40.1 Å². The van der Waals surface area contributed by atoms with Gasteiger partial charge in [0.2, 0.25) is 5.91 Å². The molecule has 0 spiro atoms. The minimum absolute atomic E-state index is 0.0126. The maximum absolute atomic E-state index is 13.5. The van der Waals surface area contributed by atoms with Gasteiger partial charge >= 0.3 is 0 Å². The third kappa shape index (κ3) is 5.78. The number of ether oxygens (including phenoxy) is 1. The number of halogens is 1. The monoisotopic (exact) mass is 530 g/mol. The maximum Gasteiger partial charge on any atom is 0.262 e. The molecule has 194 valence electrons. The Labute approximate surface area is 224 Å². The number of benzene rings is 3. The van der Waals surface area contributed by atoms with Gasteiger partial charge in [0.1, 0.15) is 16.8 Å². The summed E-state index contributed by atoms with van der Waals surface area (Å²) in [6.45, 7) is 4.49. The lowest BCUT2D eigenvalue weighted by Crippen LogP contribution is -2.25. The van der Waals surface area contributed by atoms with E-state index in [2.05, 4.69) is 10.3 Å². The van der Waals surface area contributed by atoms with E-state index in [1.807, 2.05) is 38.1 Å². The molecule has 3 aromatic carbocycles. The minimum atomic E-state index is -0.642. The summed E-state index contributed by atoms with van der Waals surface area (Å²) in [6.07, 6.45) is 0.562. The lowest BCUT2D eigenvalue weighted by Gasteiger charge is -2.23.